The summed E-state index contributed by atoms with van der Waals surface area (Å²) in [5, 5.41) is 4.45. The van der Waals surface area contributed by atoms with Crippen LogP contribution < -0.4 is 11.1 Å². The number of halogens is 2. The molecule has 1 aliphatic carbocycles. The molecule has 1 aliphatic rings. The topological polar surface area (TPSA) is 64.1 Å². The van der Waals surface area contributed by atoms with Crippen LogP contribution in [-0.4, -0.2) is 11.0 Å². The third-order valence-corrected chi connectivity index (χ3v) is 6.46. The molecule has 0 aromatic carbocycles. The predicted molar refractivity (Wildman–Crippen MR) is 105 cm³/mol. The van der Waals surface area contributed by atoms with Gasteiger partial charge in [-0.3, -0.25) is 0 Å². The van der Waals surface area contributed by atoms with E-state index in [-0.39, 0.29) is 12.0 Å². The second kappa shape index (κ2) is 7.00. The van der Waals surface area contributed by atoms with Crippen LogP contribution in [0.25, 0.3) is 10.2 Å². The number of allylic oxidation sites excluding steroid dienone is 1. The normalized spacial score (nSPS) is 20.3. The van der Waals surface area contributed by atoms with E-state index in [0.717, 1.165) is 39.4 Å². The number of anilines is 1. The summed E-state index contributed by atoms with van der Waals surface area (Å²) in [6.45, 7) is 0.568. The highest BCUT2D eigenvalue weighted by atomic mass is 35.5. The maximum absolute atomic E-state index is 6.66. The van der Waals surface area contributed by atoms with Crippen molar-refractivity contribution in [2.24, 2.45) is 5.73 Å². The molecule has 3 aromatic rings. The molecule has 0 amide bonds. The van der Waals surface area contributed by atoms with E-state index in [2.05, 4.69) is 22.5 Å². The van der Waals surface area contributed by atoms with Crippen molar-refractivity contribution in [2.45, 2.75) is 31.3 Å². The molecule has 0 spiro atoms. The molecule has 0 fully saturated rings. The molecule has 0 aliphatic heterocycles. The van der Waals surface area contributed by atoms with Crippen LogP contribution in [0.2, 0.25) is 10.2 Å². The van der Waals surface area contributed by atoms with Crippen molar-refractivity contribution in [3.05, 3.63) is 57.4 Å². The first-order valence-corrected chi connectivity index (χ1v) is 9.66. The number of rotatable bonds is 4. The van der Waals surface area contributed by atoms with E-state index in [9.17, 15) is 0 Å². The van der Waals surface area contributed by atoms with E-state index in [1.54, 1.807) is 17.6 Å². The second-order valence-electron chi connectivity index (χ2n) is 6.10. The van der Waals surface area contributed by atoms with Gasteiger partial charge in [0.1, 0.15) is 16.4 Å². The van der Waals surface area contributed by atoms with Crippen LogP contribution >= 0.6 is 34.5 Å². The fourth-order valence-electron chi connectivity index (χ4n) is 3.13. The number of nitrogens with one attached hydrogen (secondary N) is 1. The van der Waals surface area contributed by atoms with Crippen molar-refractivity contribution < 1.29 is 4.42 Å². The van der Waals surface area contributed by atoms with Gasteiger partial charge in [-0.05, 0) is 25.0 Å². The lowest BCUT2D eigenvalue weighted by Gasteiger charge is -2.24. The van der Waals surface area contributed by atoms with Crippen LogP contribution in [0.4, 0.5) is 5.69 Å². The highest BCUT2D eigenvalue weighted by Gasteiger charge is 2.27. The molecule has 0 radical (unpaired) electrons. The van der Waals surface area contributed by atoms with Gasteiger partial charge < -0.3 is 15.5 Å². The summed E-state index contributed by atoms with van der Waals surface area (Å²) in [7, 11) is 0. The molecule has 0 unspecified atom stereocenters. The van der Waals surface area contributed by atoms with Gasteiger partial charge in [0.15, 0.2) is 0 Å². The number of thiophene rings is 1. The molecule has 7 heteroatoms. The van der Waals surface area contributed by atoms with Crippen molar-refractivity contribution in [1.82, 2.24) is 4.98 Å². The second-order valence-corrected chi connectivity index (χ2v) is 7.91. The molecular weight excluding hydrogens is 377 g/mol. The Balaban J connectivity index is 1.73. The van der Waals surface area contributed by atoms with Gasteiger partial charge in [-0.15, -0.1) is 11.3 Å². The summed E-state index contributed by atoms with van der Waals surface area (Å²) in [5.41, 5.74) is 7.96. The fourth-order valence-corrected chi connectivity index (χ4v) is 5.08. The smallest absolute Gasteiger partial charge is 0.131 e. The number of furan rings is 1. The van der Waals surface area contributed by atoms with E-state index in [4.69, 9.17) is 33.4 Å². The standard InChI is InChI=1S/C18H17Cl2N3OS/c19-14-8-13(22-9-10-4-3-7-24-10)18-16(23-14)15(20)17(25-18)11-5-1-2-6-12(11)21/h1-4,7-8,11-12H,5-6,9,21H2,(H,22,23)/t11-,12-/m1/s1. The van der Waals surface area contributed by atoms with Crippen molar-refractivity contribution >= 4 is 50.4 Å². The Bertz CT molecular complexity index is 920. The molecular formula is C18H17Cl2N3OS. The lowest BCUT2D eigenvalue weighted by molar-refractivity contribution is 0.518. The maximum Gasteiger partial charge on any atom is 0.131 e. The Labute approximate surface area is 159 Å². The minimum absolute atomic E-state index is 0.0746. The minimum atomic E-state index is 0.0746. The first-order valence-electron chi connectivity index (χ1n) is 8.08. The summed E-state index contributed by atoms with van der Waals surface area (Å²) >= 11 is 14.5. The quantitative estimate of drug-likeness (QED) is 0.449. The third-order valence-electron chi connectivity index (χ3n) is 4.43. The summed E-state index contributed by atoms with van der Waals surface area (Å²) < 4.78 is 6.38. The van der Waals surface area contributed by atoms with Gasteiger partial charge in [-0.2, -0.15) is 0 Å². The summed E-state index contributed by atoms with van der Waals surface area (Å²) in [6, 6.07) is 5.69. The molecule has 4 nitrogen and oxygen atoms in total. The van der Waals surface area contributed by atoms with E-state index >= 15 is 0 Å². The highest BCUT2D eigenvalue weighted by molar-refractivity contribution is 7.20. The largest absolute Gasteiger partial charge is 0.467 e. The first kappa shape index (κ1) is 16.9. The average Bonchev–Trinajstić information content (AvgIpc) is 3.22. The Morgan fingerprint density at radius 2 is 2.16 bits per heavy atom. The van der Waals surface area contributed by atoms with Gasteiger partial charge in [0.25, 0.3) is 0 Å². The molecule has 0 saturated heterocycles. The zero-order chi connectivity index (χ0) is 17.4. The van der Waals surface area contributed by atoms with Crippen LogP contribution in [0, 0.1) is 0 Å². The van der Waals surface area contributed by atoms with Gasteiger partial charge in [-0.1, -0.05) is 35.4 Å². The Morgan fingerprint density at radius 3 is 2.92 bits per heavy atom. The number of fused-ring (bicyclic) bond motifs is 1. The number of hydrogen-bond acceptors (Lipinski definition) is 5. The molecule has 130 valence electrons. The summed E-state index contributed by atoms with van der Waals surface area (Å²) in [6.07, 6.45) is 7.73. The van der Waals surface area contributed by atoms with Gasteiger partial charge in [0.2, 0.25) is 0 Å². The van der Waals surface area contributed by atoms with E-state index in [1.165, 1.54) is 0 Å². The number of pyridine rings is 1. The van der Waals surface area contributed by atoms with Gasteiger partial charge in [-0.25, -0.2) is 4.98 Å². The molecule has 4 rings (SSSR count). The number of aromatic nitrogens is 1. The third kappa shape index (κ3) is 3.29. The number of nitrogens with two attached hydrogens (primary N) is 1. The Hall–Kier alpha value is -1.53. The van der Waals surface area contributed by atoms with Crippen molar-refractivity contribution in [3.63, 3.8) is 0 Å². The van der Waals surface area contributed by atoms with Gasteiger partial charge >= 0.3 is 0 Å². The Morgan fingerprint density at radius 1 is 1.32 bits per heavy atom. The monoisotopic (exact) mass is 393 g/mol. The number of nitrogens with zero attached hydrogens (tertiary/aromatic N) is 1. The zero-order valence-electron chi connectivity index (χ0n) is 13.3. The van der Waals surface area contributed by atoms with Crippen molar-refractivity contribution in [1.29, 1.82) is 0 Å². The van der Waals surface area contributed by atoms with E-state index < -0.39 is 0 Å². The maximum atomic E-state index is 6.66. The summed E-state index contributed by atoms with van der Waals surface area (Å²) in [5.74, 6) is 1.07. The zero-order valence-corrected chi connectivity index (χ0v) is 15.7. The molecule has 3 heterocycles. The molecule has 25 heavy (non-hydrogen) atoms. The number of hydrogen-bond donors (Lipinski definition) is 2. The molecule has 2 atom stereocenters. The van der Waals surface area contributed by atoms with Gasteiger partial charge in [0.05, 0.1) is 28.2 Å². The lowest BCUT2D eigenvalue weighted by Crippen LogP contribution is -2.29. The van der Waals surface area contributed by atoms with Crippen molar-refractivity contribution in [3.8, 4) is 0 Å². The van der Waals surface area contributed by atoms with Crippen LogP contribution in [0.1, 0.15) is 29.4 Å². The van der Waals surface area contributed by atoms with Crippen LogP contribution in [0.15, 0.2) is 41.0 Å². The minimum Gasteiger partial charge on any atom is -0.467 e. The van der Waals surface area contributed by atoms with Crippen molar-refractivity contribution in [2.75, 3.05) is 5.32 Å². The van der Waals surface area contributed by atoms with Crippen LogP contribution in [0.3, 0.4) is 0 Å². The lowest BCUT2D eigenvalue weighted by atomic mass is 9.88. The highest BCUT2D eigenvalue weighted by Crippen LogP contribution is 2.45. The van der Waals surface area contributed by atoms with Crippen LogP contribution in [0.5, 0.6) is 0 Å². The summed E-state index contributed by atoms with van der Waals surface area (Å²) in [4.78, 5) is 5.53. The molecule has 0 saturated carbocycles. The first-order chi connectivity index (χ1) is 12.1. The fraction of sp³-hybridized carbons (Fsp3) is 0.278. The molecule has 3 aromatic heterocycles. The van der Waals surface area contributed by atoms with Gasteiger partial charge in [0, 0.05) is 22.9 Å². The molecule has 0 bridgehead atoms. The van der Waals surface area contributed by atoms with E-state index in [0.29, 0.717) is 16.7 Å². The van der Waals surface area contributed by atoms with Crippen LogP contribution in [-0.2, 0) is 6.54 Å². The molecule has 3 N–H and O–H groups in total. The van der Waals surface area contributed by atoms with E-state index in [1.807, 2.05) is 18.2 Å². The SMILES string of the molecule is N[C@@H]1CC=CC[C@H]1c1sc2c(NCc3ccco3)cc(Cl)nc2c1Cl. The predicted octanol–water partition coefficient (Wildman–Crippen LogP) is 5.57. The Kier molecular flexibility index (Phi) is 4.73. The average molecular weight is 394 g/mol.